The second-order valence-corrected chi connectivity index (χ2v) is 6.12. The van der Waals surface area contributed by atoms with E-state index in [0.717, 1.165) is 28.6 Å². The lowest BCUT2D eigenvalue weighted by atomic mass is 10.0. The second kappa shape index (κ2) is 5.66. The van der Waals surface area contributed by atoms with E-state index in [9.17, 15) is 0 Å². The molecule has 126 valence electrons. The van der Waals surface area contributed by atoms with Gasteiger partial charge in [-0.2, -0.15) is 10.5 Å². The van der Waals surface area contributed by atoms with E-state index in [1.165, 1.54) is 6.08 Å². The van der Waals surface area contributed by atoms with Crippen molar-refractivity contribution in [2.24, 2.45) is 0 Å². The van der Waals surface area contributed by atoms with Crippen LogP contribution in [0, 0.1) is 22.7 Å². The Kier molecular flexibility index (Phi) is 3.16. The van der Waals surface area contributed by atoms with Crippen LogP contribution < -0.4 is 14.4 Å². The summed E-state index contributed by atoms with van der Waals surface area (Å²) in [6.07, 6.45) is 1.52. The lowest BCUT2D eigenvalue weighted by Gasteiger charge is -2.37. The quantitative estimate of drug-likeness (QED) is 0.358. The van der Waals surface area contributed by atoms with E-state index in [0.29, 0.717) is 17.1 Å². The molecule has 0 radical (unpaired) electrons. The summed E-state index contributed by atoms with van der Waals surface area (Å²) in [5.41, 5.74) is 3.35. The highest BCUT2D eigenvalue weighted by Gasteiger charge is 2.34. The summed E-state index contributed by atoms with van der Waals surface area (Å²) >= 11 is 0. The number of rotatable bonds is 1. The Bertz CT molecular complexity index is 1130. The van der Waals surface area contributed by atoms with Crippen LogP contribution in [-0.2, 0) is 0 Å². The average molecular weight is 349 g/mol. The zero-order chi connectivity index (χ0) is 18.4. The van der Waals surface area contributed by atoms with Gasteiger partial charge >= 0.3 is 0 Å². The van der Waals surface area contributed by atoms with Crippen molar-refractivity contribution in [1.29, 1.82) is 10.5 Å². The SMILES string of the molecule is N#CC(C#N)=Cc1cc2c3c(c1)Oc1ccccc1N3c1ccccc1O2. The largest absolute Gasteiger partial charge is 0.453 e. The molecular formula is C22H11N3O2. The van der Waals surface area contributed by atoms with Crippen molar-refractivity contribution < 1.29 is 9.47 Å². The molecule has 0 amide bonds. The van der Waals surface area contributed by atoms with E-state index in [1.807, 2.05) is 72.8 Å². The summed E-state index contributed by atoms with van der Waals surface area (Å²) in [5, 5.41) is 18.1. The number of nitriles is 2. The highest BCUT2D eigenvalue weighted by atomic mass is 16.5. The molecule has 0 saturated heterocycles. The number of hydrogen-bond acceptors (Lipinski definition) is 5. The Hall–Kier alpha value is -4.22. The smallest absolute Gasteiger partial charge is 0.156 e. The van der Waals surface area contributed by atoms with Crippen molar-refractivity contribution in [2.45, 2.75) is 0 Å². The first-order chi connectivity index (χ1) is 13.3. The summed E-state index contributed by atoms with van der Waals surface area (Å²) < 4.78 is 12.2. The molecule has 0 atom stereocenters. The van der Waals surface area contributed by atoms with Gasteiger partial charge < -0.3 is 9.47 Å². The third-order valence-electron chi connectivity index (χ3n) is 4.49. The van der Waals surface area contributed by atoms with Crippen molar-refractivity contribution >= 4 is 23.1 Å². The molecule has 0 aromatic heterocycles. The van der Waals surface area contributed by atoms with E-state index in [-0.39, 0.29) is 5.57 Å². The van der Waals surface area contributed by atoms with Gasteiger partial charge in [-0.05, 0) is 48.0 Å². The summed E-state index contributed by atoms with van der Waals surface area (Å²) in [7, 11) is 0. The first kappa shape index (κ1) is 15.1. The first-order valence-electron chi connectivity index (χ1n) is 8.32. The maximum absolute atomic E-state index is 9.05. The Morgan fingerprint density at radius 3 is 1.81 bits per heavy atom. The third-order valence-corrected chi connectivity index (χ3v) is 4.49. The summed E-state index contributed by atoms with van der Waals surface area (Å²) in [5.74, 6) is 2.69. The first-order valence-corrected chi connectivity index (χ1v) is 8.32. The Morgan fingerprint density at radius 1 is 0.778 bits per heavy atom. The van der Waals surface area contributed by atoms with Gasteiger partial charge in [0.2, 0.25) is 0 Å². The molecule has 3 aromatic rings. The monoisotopic (exact) mass is 349 g/mol. The van der Waals surface area contributed by atoms with Crippen LogP contribution in [0.1, 0.15) is 5.56 Å². The average Bonchev–Trinajstić information content (AvgIpc) is 2.71. The molecule has 0 aliphatic carbocycles. The zero-order valence-corrected chi connectivity index (χ0v) is 14.0. The molecular weight excluding hydrogens is 338 g/mol. The molecule has 2 heterocycles. The number of anilines is 3. The van der Waals surface area contributed by atoms with Crippen LogP contribution in [0.5, 0.6) is 23.0 Å². The summed E-state index contributed by atoms with van der Waals surface area (Å²) in [4.78, 5) is 2.12. The van der Waals surface area contributed by atoms with E-state index in [1.54, 1.807) is 0 Å². The second-order valence-electron chi connectivity index (χ2n) is 6.12. The standard InChI is InChI=1S/C22H11N3O2/c23-12-15(13-24)9-14-10-20-22-21(11-14)27-19-8-4-2-6-17(19)25(22)16-5-1-3-7-18(16)26-20/h1-11H. The molecule has 5 nitrogen and oxygen atoms in total. The number of benzene rings is 3. The molecule has 0 bridgehead atoms. The maximum atomic E-state index is 9.05. The van der Waals surface area contributed by atoms with Gasteiger partial charge in [0.1, 0.15) is 23.4 Å². The van der Waals surface area contributed by atoms with E-state index < -0.39 is 0 Å². The molecule has 0 unspecified atom stereocenters. The molecule has 0 spiro atoms. The van der Waals surface area contributed by atoms with Crippen LogP contribution >= 0.6 is 0 Å². The van der Waals surface area contributed by atoms with Gasteiger partial charge in [-0.3, -0.25) is 4.90 Å². The van der Waals surface area contributed by atoms with E-state index in [2.05, 4.69) is 4.90 Å². The van der Waals surface area contributed by atoms with Crippen molar-refractivity contribution in [3.8, 4) is 35.1 Å². The van der Waals surface area contributed by atoms with Gasteiger partial charge in [-0.15, -0.1) is 0 Å². The number of ether oxygens (including phenoxy) is 2. The fourth-order valence-corrected chi connectivity index (χ4v) is 3.38. The Morgan fingerprint density at radius 2 is 1.30 bits per heavy atom. The van der Waals surface area contributed by atoms with Crippen LogP contribution in [-0.4, -0.2) is 0 Å². The topological polar surface area (TPSA) is 69.3 Å². The van der Waals surface area contributed by atoms with Crippen LogP contribution in [0.15, 0.2) is 66.2 Å². The van der Waals surface area contributed by atoms with Gasteiger partial charge in [0.15, 0.2) is 23.0 Å². The molecule has 0 N–H and O–H groups in total. The number of para-hydroxylation sites is 4. The minimum Gasteiger partial charge on any atom is -0.453 e. The van der Waals surface area contributed by atoms with Gasteiger partial charge in [0, 0.05) is 0 Å². The van der Waals surface area contributed by atoms with Crippen LogP contribution in [0.25, 0.3) is 6.08 Å². The van der Waals surface area contributed by atoms with E-state index >= 15 is 0 Å². The fourth-order valence-electron chi connectivity index (χ4n) is 3.38. The summed E-state index contributed by atoms with van der Waals surface area (Å²) in [6.45, 7) is 0. The zero-order valence-electron chi connectivity index (χ0n) is 14.0. The van der Waals surface area contributed by atoms with Crippen molar-refractivity contribution in [3.05, 3.63) is 71.8 Å². The third kappa shape index (κ3) is 2.23. The molecule has 3 aromatic carbocycles. The van der Waals surface area contributed by atoms with Gasteiger partial charge in [-0.1, -0.05) is 24.3 Å². The minimum atomic E-state index is 0.0198. The van der Waals surface area contributed by atoms with Gasteiger partial charge in [-0.25, -0.2) is 0 Å². The maximum Gasteiger partial charge on any atom is 0.156 e. The fraction of sp³-hybridized carbons (Fsp3) is 0. The minimum absolute atomic E-state index is 0.0198. The predicted octanol–water partition coefficient (Wildman–Crippen LogP) is 5.80. The van der Waals surface area contributed by atoms with E-state index in [4.69, 9.17) is 20.0 Å². The molecule has 27 heavy (non-hydrogen) atoms. The normalized spacial score (nSPS) is 12.1. The van der Waals surface area contributed by atoms with Crippen molar-refractivity contribution in [1.82, 2.24) is 0 Å². The van der Waals surface area contributed by atoms with Crippen LogP contribution in [0.3, 0.4) is 0 Å². The predicted molar refractivity (Wildman–Crippen MR) is 100 cm³/mol. The molecule has 0 saturated carbocycles. The lowest BCUT2D eigenvalue weighted by Crippen LogP contribution is -2.20. The highest BCUT2D eigenvalue weighted by Crippen LogP contribution is 2.59. The lowest BCUT2D eigenvalue weighted by molar-refractivity contribution is 0.445. The number of fused-ring (bicyclic) bond motifs is 4. The Labute approximate surface area is 155 Å². The molecule has 0 fully saturated rings. The van der Waals surface area contributed by atoms with Crippen molar-refractivity contribution in [3.63, 3.8) is 0 Å². The molecule has 2 aliphatic heterocycles. The Balaban J connectivity index is 1.78. The van der Waals surface area contributed by atoms with Crippen LogP contribution in [0.4, 0.5) is 17.1 Å². The highest BCUT2D eigenvalue weighted by molar-refractivity contribution is 5.94. The summed E-state index contributed by atoms with van der Waals surface area (Å²) in [6, 6.07) is 23.0. The van der Waals surface area contributed by atoms with Crippen LogP contribution in [0.2, 0.25) is 0 Å². The number of nitrogens with zero attached hydrogens (tertiary/aromatic N) is 3. The van der Waals surface area contributed by atoms with Crippen molar-refractivity contribution in [2.75, 3.05) is 4.90 Å². The number of allylic oxidation sites excluding steroid dienone is 1. The molecule has 5 rings (SSSR count). The molecule has 5 heteroatoms. The molecule has 2 aliphatic rings. The van der Waals surface area contributed by atoms with Gasteiger partial charge in [0.25, 0.3) is 0 Å². The number of hydrogen-bond donors (Lipinski definition) is 0. The van der Waals surface area contributed by atoms with Gasteiger partial charge in [0.05, 0.1) is 11.4 Å².